The lowest BCUT2D eigenvalue weighted by Gasteiger charge is -2.21. The fourth-order valence-electron chi connectivity index (χ4n) is 3.68. The van der Waals surface area contributed by atoms with Crippen LogP contribution in [0, 0.1) is 0 Å². The molecule has 2 heterocycles. The summed E-state index contributed by atoms with van der Waals surface area (Å²) in [6, 6.07) is 12.9. The number of nitrogens with one attached hydrogen (secondary N) is 1. The first kappa shape index (κ1) is 18.7. The van der Waals surface area contributed by atoms with Crippen molar-refractivity contribution in [3.8, 4) is 11.4 Å². The number of rotatable bonds is 6. The molecule has 2 aromatic carbocycles. The molecule has 0 unspecified atom stereocenters. The lowest BCUT2D eigenvalue weighted by molar-refractivity contribution is -0.136. The van der Waals surface area contributed by atoms with E-state index in [2.05, 4.69) is 28.7 Å². The Kier molecular flexibility index (Phi) is 4.80. The molecule has 29 heavy (non-hydrogen) atoms. The van der Waals surface area contributed by atoms with Crippen molar-refractivity contribution in [2.24, 2.45) is 0 Å². The van der Waals surface area contributed by atoms with Crippen molar-refractivity contribution in [2.75, 3.05) is 18.0 Å². The van der Waals surface area contributed by atoms with E-state index >= 15 is 0 Å². The molecule has 0 aliphatic carbocycles. The van der Waals surface area contributed by atoms with Gasteiger partial charge in [0.1, 0.15) is 17.0 Å². The maximum atomic E-state index is 12.8. The molecular weight excluding hydrogens is 370 g/mol. The molecule has 0 amide bonds. The summed E-state index contributed by atoms with van der Waals surface area (Å²) in [4.78, 5) is 34.2. The molecule has 0 atom stereocenters. The van der Waals surface area contributed by atoms with Crippen LogP contribution in [-0.2, 0) is 11.2 Å². The number of carbonyl (C=O) groups is 1. The predicted molar refractivity (Wildman–Crippen MR) is 112 cm³/mol. The zero-order valence-corrected chi connectivity index (χ0v) is 16.2. The smallest absolute Gasteiger partial charge is 0.347 e. The van der Waals surface area contributed by atoms with Crippen molar-refractivity contribution < 1.29 is 14.3 Å². The Hall–Kier alpha value is -3.61. The molecule has 4 rings (SSSR count). The van der Waals surface area contributed by atoms with Gasteiger partial charge in [0, 0.05) is 24.2 Å². The van der Waals surface area contributed by atoms with Gasteiger partial charge in [0.2, 0.25) is 0 Å². The van der Waals surface area contributed by atoms with Gasteiger partial charge in [-0.1, -0.05) is 12.1 Å². The molecule has 0 radical (unpaired) electrons. The van der Waals surface area contributed by atoms with Crippen molar-refractivity contribution in [1.29, 1.82) is 0 Å². The van der Waals surface area contributed by atoms with E-state index in [1.165, 1.54) is 0 Å². The van der Waals surface area contributed by atoms with Crippen LogP contribution in [0.4, 0.5) is 5.69 Å². The van der Waals surface area contributed by atoms with E-state index in [1.54, 1.807) is 6.07 Å². The molecule has 0 saturated heterocycles. The molecule has 0 aliphatic heterocycles. The highest BCUT2D eigenvalue weighted by molar-refractivity contribution is 5.93. The van der Waals surface area contributed by atoms with E-state index < -0.39 is 11.6 Å². The van der Waals surface area contributed by atoms with Gasteiger partial charge in [0.15, 0.2) is 0 Å². The molecule has 0 spiro atoms. The normalized spacial score (nSPS) is 11.2. The molecule has 0 saturated carbocycles. The first-order valence-corrected chi connectivity index (χ1v) is 9.53. The van der Waals surface area contributed by atoms with Gasteiger partial charge in [-0.15, -0.1) is 0 Å². The van der Waals surface area contributed by atoms with Gasteiger partial charge < -0.3 is 19.4 Å². The number of anilines is 1. The number of carboxylic acids is 1. The summed E-state index contributed by atoms with van der Waals surface area (Å²) in [5, 5.41) is 10.1. The number of aromatic nitrogens is 2. The maximum absolute atomic E-state index is 12.8. The third-order valence-corrected chi connectivity index (χ3v) is 5.08. The number of para-hydroxylation sites is 2. The topological polar surface area (TPSA) is 99.4 Å². The minimum atomic E-state index is -1.03. The lowest BCUT2D eigenvalue weighted by atomic mass is 10.0. The van der Waals surface area contributed by atoms with Gasteiger partial charge in [-0.3, -0.25) is 4.79 Å². The highest BCUT2D eigenvalue weighted by Crippen LogP contribution is 2.30. The van der Waals surface area contributed by atoms with Crippen LogP contribution in [0.1, 0.15) is 19.4 Å². The Morgan fingerprint density at radius 2 is 1.93 bits per heavy atom. The lowest BCUT2D eigenvalue weighted by Crippen LogP contribution is -2.21. The van der Waals surface area contributed by atoms with Crippen molar-refractivity contribution in [1.82, 2.24) is 9.97 Å². The van der Waals surface area contributed by atoms with Crippen LogP contribution in [-0.4, -0.2) is 34.1 Å². The first-order valence-electron chi connectivity index (χ1n) is 9.53. The maximum Gasteiger partial charge on any atom is 0.347 e. The van der Waals surface area contributed by atoms with Gasteiger partial charge in [0.25, 0.3) is 0 Å². The second-order valence-electron chi connectivity index (χ2n) is 6.77. The van der Waals surface area contributed by atoms with Crippen molar-refractivity contribution >= 4 is 33.7 Å². The zero-order valence-electron chi connectivity index (χ0n) is 16.2. The third-order valence-electron chi connectivity index (χ3n) is 5.08. The molecule has 7 heteroatoms. The van der Waals surface area contributed by atoms with E-state index in [4.69, 9.17) is 4.42 Å². The van der Waals surface area contributed by atoms with E-state index in [9.17, 15) is 14.7 Å². The number of imidazole rings is 1. The molecule has 2 N–H and O–H groups in total. The van der Waals surface area contributed by atoms with Gasteiger partial charge in [-0.2, -0.15) is 0 Å². The Bertz CT molecular complexity index is 1240. The average molecular weight is 391 g/mol. The van der Waals surface area contributed by atoms with Crippen LogP contribution in [0.2, 0.25) is 0 Å². The average Bonchev–Trinajstić information content (AvgIpc) is 3.12. The number of hydrogen-bond acceptors (Lipinski definition) is 5. The molecule has 148 valence electrons. The van der Waals surface area contributed by atoms with Crippen LogP contribution in [0.15, 0.2) is 51.7 Å². The Labute approximate surface area is 166 Å². The van der Waals surface area contributed by atoms with Crippen LogP contribution in [0.5, 0.6) is 0 Å². The largest absolute Gasteiger partial charge is 0.481 e. The SMILES string of the molecule is CCN(CC)c1ccc2oc(=O)c(-c3nc4ccccc4[nH]3)c(CC(=O)O)c2c1. The quantitative estimate of drug-likeness (QED) is 0.485. The fraction of sp³-hybridized carbons (Fsp3) is 0.227. The minimum Gasteiger partial charge on any atom is -0.481 e. The van der Waals surface area contributed by atoms with E-state index in [0.29, 0.717) is 27.9 Å². The summed E-state index contributed by atoms with van der Waals surface area (Å²) in [6.45, 7) is 5.72. The number of aromatic amines is 1. The number of aliphatic carboxylic acids is 1. The van der Waals surface area contributed by atoms with Gasteiger partial charge in [0.05, 0.1) is 17.5 Å². The van der Waals surface area contributed by atoms with E-state index in [-0.39, 0.29) is 12.0 Å². The summed E-state index contributed by atoms with van der Waals surface area (Å²) in [5.41, 5.74) is 2.72. The number of carboxylic acid groups (broad SMARTS) is 1. The Morgan fingerprint density at radius 3 is 2.62 bits per heavy atom. The highest BCUT2D eigenvalue weighted by atomic mass is 16.4. The minimum absolute atomic E-state index is 0.160. The summed E-state index contributed by atoms with van der Waals surface area (Å²) in [5.74, 6) is -0.714. The first-order chi connectivity index (χ1) is 14.0. The third kappa shape index (κ3) is 3.35. The predicted octanol–water partition coefficient (Wildman–Crippen LogP) is 3.81. The van der Waals surface area contributed by atoms with Crippen molar-refractivity contribution in [2.45, 2.75) is 20.3 Å². The van der Waals surface area contributed by atoms with Crippen LogP contribution < -0.4 is 10.5 Å². The molecule has 7 nitrogen and oxygen atoms in total. The molecule has 2 aromatic heterocycles. The van der Waals surface area contributed by atoms with Gasteiger partial charge >= 0.3 is 11.6 Å². The standard InChI is InChI=1S/C22H21N3O4/c1-3-25(4-2)13-9-10-18-14(11-13)15(12-19(26)27)20(22(28)29-18)21-23-16-7-5-6-8-17(16)24-21/h5-11H,3-4,12H2,1-2H3,(H,23,24)(H,26,27). The van der Waals surface area contributed by atoms with Crippen LogP contribution in [0.3, 0.4) is 0 Å². The molecular formula is C22H21N3O4. The zero-order chi connectivity index (χ0) is 20.5. The fourth-order valence-corrected chi connectivity index (χ4v) is 3.68. The summed E-state index contributed by atoms with van der Waals surface area (Å²) < 4.78 is 5.54. The number of fused-ring (bicyclic) bond motifs is 2. The number of H-pyrrole nitrogens is 1. The molecule has 0 bridgehead atoms. The van der Waals surface area contributed by atoms with Crippen molar-refractivity contribution in [3.63, 3.8) is 0 Å². The summed E-state index contributed by atoms with van der Waals surface area (Å²) >= 11 is 0. The van der Waals surface area contributed by atoms with E-state index in [1.807, 2.05) is 36.4 Å². The Morgan fingerprint density at radius 1 is 1.17 bits per heavy atom. The summed E-state index contributed by atoms with van der Waals surface area (Å²) in [6.07, 6.45) is -0.309. The van der Waals surface area contributed by atoms with Crippen LogP contribution in [0.25, 0.3) is 33.4 Å². The highest BCUT2D eigenvalue weighted by Gasteiger charge is 2.22. The van der Waals surface area contributed by atoms with Crippen molar-refractivity contribution in [3.05, 3.63) is 58.4 Å². The van der Waals surface area contributed by atoms with Gasteiger partial charge in [-0.25, -0.2) is 9.78 Å². The second-order valence-corrected chi connectivity index (χ2v) is 6.77. The molecule has 0 aliphatic rings. The van der Waals surface area contributed by atoms with Crippen LogP contribution >= 0.6 is 0 Å². The number of nitrogens with zero attached hydrogens (tertiary/aromatic N) is 2. The monoisotopic (exact) mass is 391 g/mol. The second kappa shape index (κ2) is 7.43. The summed E-state index contributed by atoms with van der Waals surface area (Å²) in [7, 11) is 0. The Balaban J connectivity index is 2.02. The molecule has 0 fully saturated rings. The number of hydrogen-bond donors (Lipinski definition) is 2. The molecule has 4 aromatic rings. The van der Waals surface area contributed by atoms with E-state index in [0.717, 1.165) is 24.3 Å². The number of benzene rings is 2. The van der Waals surface area contributed by atoms with Gasteiger partial charge in [-0.05, 0) is 49.7 Å².